The Hall–Kier alpha value is -1.93. The van der Waals surface area contributed by atoms with Gasteiger partial charge in [0.2, 0.25) is 10.0 Å². The van der Waals surface area contributed by atoms with Gasteiger partial charge in [-0.3, -0.25) is 9.59 Å². The van der Waals surface area contributed by atoms with E-state index in [0.717, 1.165) is 25.7 Å². The second kappa shape index (κ2) is 7.10. The Labute approximate surface area is 135 Å². The quantitative estimate of drug-likeness (QED) is 0.718. The molecule has 1 fully saturated rings. The molecule has 0 bridgehead atoms. The first-order valence-electron chi connectivity index (χ1n) is 7.45. The van der Waals surface area contributed by atoms with Crippen LogP contribution in [0.3, 0.4) is 0 Å². The predicted octanol–water partition coefficient (Wildman–Crippen LogP) is 1.11. The first kappa shape index (κ1) is 17.4. The van der Waals surface area contributed by atoms with Crippen LogP contribution >= 0.6 is 0 Å². The summed E-state index contributed by atoms with van der Waals surface area (Å²) < 4.78 is 27.4. The van der Waals surface area contributed by atoms with Gasteiger partial charge >= 0.3 is 5.97 Å². The maximum absolute atomic E-state index is 12.4. The molecule has 126 valence electrons. The molecule has 1 atom stereocenters. The molecule has 0 aliphatic heterocycles. The Kier molecular flexibility index (Phi) is 5.38. The molecule has 1 saturated carbocycles. The van der Waals surface area contributed by atoms with Gasteiger partial charge in [0.1, 0.15) is 6.04 Å². The third-order valence-corrected chi connectivity index (χ3v) is 5.32. The number of sulfonamides is 1. The average molecular weight is 340 g/mol. The summed E-state index contributed by atoms with van der Waals surface area (Å²) in [5, 5.41) is 11.1. The van der Waals surface area contributed by atoms with Crippen molar-refractivity contribution in [1.29, 1.82) is 0 Å². The highest BCUT2D eigenvalue weighted by Gasteiger charge is 2.24. The lowest BCUT2D eigenvalue weighted by Gasteiger charge is -2.14. The van der Waals surface area contributed by atoms with Gasteiger partial charge < -0.3 is 10.4 Å². The third kappa shape index (κ3) is 4.52. The maximum atomic E-state index is 12.4. The van der Waals surface area contributed by atoms with Crippen molar-refractivity contribution in [3.05, 3.63) is 29.8 Å². The zero-order valence-corrected chi connectivity index (χ0v) is 13.6. The number of rotatable bonds is 6. The van der Waals surface area contributed by atoms with Gasteiger partial charge in [-0.15, -0.1) is 0 Å². The highest BCUT2D eigenvalue weighted by molar-refractivity contribution is 7.89. The van der Waals surface area contributed by atoms with Gasteiger partial charge in [0.05, 0.1) is 4.90 Å². The Morgan fingerprint density at radius 3 is 2.52 bits per heavy atom. The smallest absolute Gasteiger partial charge is 0.325 e. The van der Waals surface area contributed by atoms with Crippen LogP contribution in [0.1, 0.15) is 43.0 Å². The van der Waals surface area contributed by atoms with Crippen molar-refractivity contribution < 1.29 is 23.1 Å². The summed E-state index contributed by atoms with van der Waals surface area (Å²) in [6.45, 7) is 1.34. The molecular weight excluding hydrogens is 320 g/mol. The van der Waals surface area contributed by atoms with E-state index in [-0.39, 0.29) is 16.5 Å². The molecule has 1 aliphatic carbocycles. The summed E-state index contributed by atoms with van der Waals surface area (Å²) in [6.07, 6.45) is 3.64. The molecule has 0 heterocycles. The van der Waals surface area contributed by atoms with Crippen LogP contribution in [-0.2, 0) is 14.8 Å². The van der Waals surface area contributed by atoms with Gasteiger partial charge in [-0.1, -0.05) is 18.9 Å². The third-order valence-electron chi connectivity index (χ3n) is 3.80. The monoisotopic (exact) mass is 340 g/mol. The van der Waals surface area contributed by atoms with Gasteiger partial charge in [0.15, 0.2) is 0 Å². The van der Waals surface area contributed by atoms with Crippen LogP contribution < -0.4 is 10.0 Å². The van der Waals surface area contributed by atoms with E-state index in [1.165, 1.54) is 31.2 Å². The minimum atomic E-state index is -3.69. The van der Waals surface area contributed by atoms with Crippen LogP contribution in [0.25, 0.3) is 0 Å². The fourth-order valence-corrected chi connectivity index (χ4v) is 3.83. The predicted molar refractivity (Wildman–Crippen MR) is 83.6 cm³/mol. The molecule has 1 amide bonds. The Morgan fingerprint density at radius 2 is 1.91 bits per heavy atom. The van der Waals surface area contributed by atoms with Gasteiger partial charge in [-0.25, -0.2) is 13.1 Å². The van der Waals surface area contributed by atoms with E-state index in [1.54, 1.807) is 0 Å². The molecule has 2 rings (SSSR count). The molecule has 3 N–H and O–H groups in total. The molecule has 0 aromatic heterocycles. The molecular formula is C15H20N2O5S. The first-order valence-corrected chi connectivity index (χ1v) is 8.94. The number of hydrogen-bond donors (Lipinski definition) is 3. The van der Waals surface area contributed by atoms with E-state index in [2.05, 4.69) is 10.0 Å². The summed E-state index contributed by atoms with van der Waals surface area (Å²) >= 11 is 0. The molecule has 0 radical (unpaired) electrons. The van der Waals surface area contributed by atoms with E-state index in [9.17, 15) is 18.0 Å². The molecule has 1 unspecified atom stereocenters. The minimum Gasteiger partial charge on any atom is -0.480 e. The number of carboxylic acids is 1. The molecule has 0 spiro atoms. The van der Waals surface area contributed by atoms with E-state index < -0.39 is 27.9 Å². The van der Waals surface area contributed by atoms with E-state index in [4.69, 9.17) is 5.11 Å². The maximum Gasteiger partial charge on any atom is 0.325 e. The number of nitrogens with one attached hydrogen (secondary N) is 2. The molecule has 0 saturated heterocycles. The van der Waals surface area contributed by atoms with Crippen LogP contribution in [0.2, 0.25) is 0 Å². The molecule has 8 heteroatoms. The van der Waals surface area contributed by atoms with Crippen LogP contribution in [-0.4, -0.2) is 37.5 Å². The molecule has 1 aromatic carbocycles. The average Bonchev–Trinajstić information content (AvgIpc) is 2.99. The van der Waals surface area contributed by atoms with Crippen molar-refractivity contribution in [3.63, 3.8) is 0 Å². The number of carbonyl (C=O) groups excluding carboxylic acids is 1. The standard InChI is InChI=1S/C15H20N2O5S/c1-10(15(19)20)16-14(18)11-5-4-8-13(9-11)23(21,22)17-12-6-2-3-7-12/h4-5,8-10,12,17H,2-3,6-7H2,1H3,(H,16,18)(H,19,20). The largest absolute Gasteiger partial charge is 0.480 e. The van der Waals surface area contributed by atoms with Crippen molar-refractivity contribution in [2.24, 2.45) is 0 Å². The molecule has 7 nitrogen and oxygen atoms in total. The summed E-state index contributed by atoms with van der Waals surface area (Å²) in [5.74, 6) is -1.79. The van der Waals surface area contributed by atoms with Crippen molar-refractivity contribution >= 4 is 21.9 Å². The van der Waals surface area contributed by atoms with Gasteiger partial charge in [0.25, 0.3) is 5.91 Å². The topological polar surface area (TPSA) is 113 Å². The van der Waals surface area contributed by atoms with Gasteiger partial charge in [0, 0.05) is 11.6 Å². The zero-order valence-electron chi connectivity index (χ0n) is 12.8. The van der Waals surface area contributed by atoms with Crippen LogP contribution in [0.5, 0.6) is 0 Å². The van der Waals surface area contributed by atoms with E-state index >= 15 is 0 Å². The number of carboxylic acid groups (broad SMARTS) is 1. The SMILES string of the molecule is CC(NC(=O)c1cccc(S(=O)(=O)NC2CCCC2)c1)C(=O)O. The number of aliphatic carboxylic acids is 1. The second-order valence-electron chi connectivity index (χ2n) is 5.66. The highest BCUT2D eigenvalue weighted by atomic mass is 32.2. The Bertz CT molecular complexity index is 696. The van der Waals surface area contributed by atoms with Crippen molar-refractivity contribution in [2.75, 3.05) is 0 Å². The summed E-state index contributed by atoms with van der Waals surface area (Å²) in [5.41, 5.74) is 0.104. The number of benzene rings is 1. The van der Waals surface area contributed by atoms with E-state index in [0.29, 0.717) is 0 Å². The minimum absolute atomic E-state index is 0.0000260. The number of hydrogen-bond acceptors (Lipinski definition) is 4. The fraction of sp³-hybridized carbons (Fsp3) is 0.467. The highest BCUT2D eigenvalue weighted by Crippen LogP contribution is 2.20. The van der Waals surface area contributed by atoms with Crippen LogP contribution in [0.15, 0.2) is 29.2 Å². The van der Waals surface area contributed by atoms with Crippen molar-refractivity contribution in [2.45, 2.75) is 49.6 Å². The summed E-state index contributed by atoms with van der Waals surface area (Å²) in [6, 6.07) is 4.45. The number of amides is 1. The molecule has 1 aromatic rings. The summed E-state index contributed by atoms with van der Waals surface area (Å²) in [7, 11) is -3.69. The summed E-state index contributed by atoms with van der Waals surface area (Å²) in [4.78, 5) is 22.8. The Morgan fingerprint density at radius 1 is 1.26 bits per heavy atom. The molecule has 23 heavy (non-hydrogen) atoms. The normalized spacial score (nSPS) is 16.9. The van der Waals surface area contributed by atoms with Gasteiger partial charge in [-0.05, 0) is 38.0 Å². The van der Waals surface area contributed by atoms with Crippen LogP contribution in [0, 0.1) is 0 Å². The zero-order chi connectivity index (χ0) is 17.0. The number of carbonyl (C=O) groups is 2. The lowest BCUT2D eigenvalue weighted by atomic mass is 10.2. The fourth-order valence-electron chi connectivity index (χ4n) is 2.48. The molecule has 1 aliphatic rings. The lowest BCUT2D eigenvalue weighted by molar-refractivity contribution is -0.138. The lowest BCUT2D eigenvalue weighted by Crippen LogP contribution is -2.38. The van der Waals surface area contributed by atoms with Gasteiger partial charge in [-0.2, -0.15) is 0 Å². The first-order chi connectivity index (χ1) is 10.8. The van der Waals surface area contributed by atoms with E-state index in [1.807, 2.05) is 0 Å². The van der Waals surface area contributed by atoms with Crippen LogP contribution in [0.4, 0.5) is 0 Å². The van der Waals surface area contributed by atoms with Crippen molar-refractivity contribution in [3.8, 4) is 0 Å². The Balaban J connectivity index is 2.15. The van der Waals surface area contributed by atoms with Crippen molar-refractivity contribution in [1.82, 2.24) is 10.0 Å². The second-order valence-corrected chi connectivity index (χ2v) is 7.38.